The van der Waals surface area contributed by atoms with Gasteiger partial charge in [0.25, 0.3) is 11.5 Å². The van der Waals surface area contributed by atoms with Gasteiger partial charge in [0.05, 0.1) is 4.53 Å². The third-order valence-electron chi connectivity index (χ3n) is 3.63. The second kappa shape index (κ2) is 9.77. The molecule has 0 saturated heterocycles. The fourth-order valence-corrected chi connectivity index (χ4v) is 3.55. The molecule has 1 aromatic heterocycles. The van der Waals surface area contributed by atoms with Crippen LogP contribution in [-0.4, -0.2) is 30.8 Å². The van der Waals surface area contributed by atoms with E-state index in [1.165, 1.54) is 36.0 Å². The molecule has 2 N–H and O–H groups in total. The number of benzene rings is 1. The highest BCUT2D eigenvalue weighted by Gasteiger charge is 2.14. The number of rotatable bonds is 8. The number of hydrogen-bond acceptors (Lipinski definition) is 6. The van der Waals surface area contributed by atoms with Crippen LogP contribution in [0, 0.1) is 11.3 Å². The molecule has 10 heteroatoms. The van der Waals surface area contributed by atoms with Gasteiger partial charge in [0.15, 0.2) is 5.57 Å². The SMILES string of the molecule is COCCCn1c(=O)/c(=C/c2ccccc2OC(F)F)s/c1=C(\C#N)C(N)=O. The lowest BCUT2D eigenvalue weighted by atomic mass is 10.2. The number of thiazole rings is 1. The summed E-state index contributed by atoms with van der Waals surface area (Å²) in [7, 11) is 1.51. The average molecular weight is 409 g/mol. The summed E-state index contributed by atoms with van der Waals surface area (Å²) in [5.41, 5.74) is 4.68. The molecule has 0 atom stereocenters. The highest BCUT2D eigenvalue weighted by molar-refractivity contribution is 7.07. The first-order valence-corrected chi connectivity index (χ1v) is 8.89. The van der Waals surface area contributed by atoms with Crippen LogP contribution in [0.3, 0.4) is 0 Å². The summed E-state index contributed by atoms with van der Waals surface area (Å²) in [5.74, 6) is -1.06. The summed E-state index contributed by atoms with van der Waals surface area (Å²) >= 11 is 0.878. The van der Waals surface area contributed by atoms with Gasteiger partial charge in [-0.15, -0.1) is 11.3 Å². The second-order valence-corrected chi connectivity index (χ2v) is 6.52. The maximum absolute atomic E-state index is 12.8. The van der Waals surface area contributed by atoms with E-state index in [1.807, 2.05) is 0 Å². The summed E-state index contributed by atoms with van der Waals surface area (Å²) < 4.78 is 36.1. The van der Waals surface area contributed by atoms with Crippen molar-refractivity contribution in [1.29, 1.82) is 5.26 Å². The van der Waals surface area contributed by atoms with Crippen molar-refractivity contribution in [2.75, 3.05) is 13.7 Å². The Morgan fingerprint density at radius 2 is 2.14 bits per heavy atom. The number of carbonyl (C=O) groups is 1. The number of amides is 1. The molecule has 0 aliphatic carbocycles. The molecule has 0 saturated carbocycles. The Hall–Kier alpha value is -3.03. The van der Waals surface area contributed by atoms with Gasteiger partial charge in [-0.3, -0.25) is 14.2 Å². The zero-order valence-electron chi connectivity index (χ0n) is 14.9. The fraction of sp³-hybridized carbons (Fsp3) is 0.278. The van der Waals surface area contributed by atoms with Crippen molar-refractivity contribution in [3.8, 4) is 11.8 Å². The Kier molecular flexibility index (Phi) is 7.43. The molecule has 148 valence electrons. The molecule has 2 aromatic rings. The Morgan fingerprint density at radius 1 is 1.43 bits per heavy atom. The monoisotopic (exact) mass is 409 g/mol. The van der Waals surface area contributed by atoms with Crippen LogP contribution in [0.2, 0.25) is 0 Å². The number of nitriles is 1. The minimum atomic E-state index is -3.02. The van der Waals surface area contributed by atoms with E-state index < -0.39 is 18.1 Å². The molecule has 0 unspecified atom stereocenters. The van der Waals surface area contributed by atoms with Crippen molar-refractivity contribution in [3.05, 3.63) is 49.4 Å². The first-order valence-electron chi connectivity index (χ1n) is 8.07. The Morgan fingerprint density at radius 3 is 2.75 bits per heavy atom. The smallest absolute Gasteiger partial charge is 0.387 e. The van der Waals surface area contributed by atoms with Gasteiger partial charge < -0.3 is 15.2 Å². The number of primary amides is 1. The number of nitrogens with two attached hydrogens (primary N) is 1. The van der Waals surface area contributed by atoms with Gasteiger partial charge in [0, 0.05) is 25.8 Å². The molecule has 0 fully saturated rings. The highest BCUT2D eigenvalue weighted by atomic mass is 32.1. The molecular formula is C18H17F2N3O4S. The van der Waals surface area contributed by atoms with Gasteiger partial charge in [-0.2, -0.15) is 14.0 Å². The predicted molar refractivity (Wildman–Crippen MR) is 99.2 cm³/mol. The average Bonchev–Trinajstić information content (AvgIpc) is 2.93. The van der Waals surface area contributed by atoms with Crippen molar-refractivity contribution in [2.24, 2.45) is 5.73 Å². The maximum Gasteiger partial charge on any atom is 0.387 e. The van der Waals surface area contributed by atoms with Crippen LogP contribution in [-0.2, 0) is 16.1 Å². The molecule has 0 aliphatic rings. The first-order chi connectivity index (χ1) is 13.4. The lowest BCUT2D eigenvalue weighted by Crippen LogP contribution is -2.34. The van der Waals surface area contributed by atoms with Crippen LogP contribution in [0.4, 0.5) is 8.78 Å². The van der Waals surface area contributed by atoms with Crippen LogP contribution in [0.15, 0.2) is 29.1 Å². The summed E-state index contributed by atoms with van der Waals surface area (Å²) in [5, 5.41) is 9.24. The van der Waals surface area contributed by atoms with E-state index in [0.717, 1.165) is 11.3 Å². The molecule has 1 heterocycles. The van der Waals surface area contributed by atoms with Crippen molar-refractivity contribution in [2.45, 2.75) is 19.6 Å². The number of aromatic nitrogens is 1. The number of alkyl halides is 2. The van der Waals surface area contributed by atoms with Gasteiger partial charge in [0.1, 0.15) is 16.5 Å². The molecule has 1 amide bonds. The van der Waals surface area contributed by atoms with Gasteiger partial charge in [-0.05, 0) is 18.6 Å². The van der Waals surface area contributed by atoms with Crippen LogP contribution in [0.1, 0.15) is 12.0 Å². The summed E-state index contributed by atoms with van der Waals surface area (Å²) in [6.07, 6.45) is 1.83. The van der Waals surface area contributed by atoms with Crippen LogP contribution in [0.25, 0.3) is 11.6 Å². The van der Waals surface area contributed by atoms with Crippen molar-refractivity contribution in [3.63, 3.8) is 0 Å². The normalized spacial score (nSPS) is 12.8. The zero-order valence-corrected chi connectivity index (χ0v) is 15.7. The highest BCUT2D eigenvalue weighted by Crippen LogP contribution is 2.20. The van der Waals surface area contributed by atoms with E-state index >= 15 is 0 Å². The maximum atomic E-state index is 12.8. The predicted octanol–water partition coefficient (Wildman–Crippen LogP) is 0.536. The number of carbonyl (C=O) groups excluding carboxylic acids is 1. The lowest BCUT2D eigenvalue weighted by molar-refractivity contribution is -0.112. The number of nitrogens with zero attached hydrogens (tertiary/aromatic N) is 2. The molecule has 0 aliphatic heterocycles. The number of methoxy groups -OCH3 is 1. The molecule has 1 aromatic carbocycles. The van der Waals surface area contributed by atoms with Gasteiger partial charge >= 0.3 is 6.61 Å². The minimum Gasteiger partial charge on any atom is -0.434 e. The number of hydrogen-bond donors (Lipinski definition) is 1. The first kappa shape index (κ1) is 21.3. The van der Waals surface area contributed by atoms with E-state index in [0.29, 0.717) is 13.0 Å². The molecule has 0 bridgehead atoms. The zero-order chi connectivity index (χ0) is 20.7. The Labute approximate surface area is 162 Å². The molecule has 7 nitrogen and oxygen atoms in total. The number of halogens is 2. The third-order valence-corrected chi connectivity index (χ3v) is 4.76. The molecule has 0 radical (unpaired) electrons. The Bertz CT molecular complexity index is 1070. The van der Waals surface area contributed by atoms with Crippen molar-refractivity contribution < 1.29 is 23.0 Å². The summed E-state index contributed by atoms with van der Waals surface area (Å²) in [6, 6.07) is 7.69. The summed E-state index contributed by atoms with van der Waals surface area (Å²) in [6.45, 7) is -2.46. The largest absolute Gasteiger partial charge is 0.434 e. The van der Waals surface area contributed by atoms with Gasteiger partial charge in [0.2, 0.25) is 0 Å². The number of ether oxygens (including phenoxy) is 2. The molecule has 2 rings (SSSR count). The molecule has 0 spiro atoms. The quantitative estimate of drug-likeness (QED) is 0.641. The standard InChI is InChI=1S/C18H17F2N3O4S/c1-26-8-4-7-23-16(25)14(28-17(23)12(10-21)15(22)24)9-11-5-2-3-6-13(11)27-18(19)20/h2-3,5-6,9,18H,4,7-8H2,1H3,(H2,22,24)/b14-9-,17-12+. The Balaban J connectivity index is 2.71. The fourth-order valence-electron chi connectivity index (χ4n) is 2.43. The van der Waals surface area contributed by atoms with Gasteiger partial charge in [-0.1, -0.05) is 18.2 Å². The molecule has 28 heavy (non-hydrogen) atoms. The van der Waals surface area contributed by atoms with E-state index in [9.17, 15) is 23.6 Å². The van der Waals surface area contributed by atoms with Gasteiger partial charge in [-0.25, -0.2) is 0 Å². The van der Waals surface area contributed by atoms with Crippen molar-refractivity contribution >= 4 is 28.9 Å². The van der Waals surface area contributed by atoms with E-state index in [-0.39, 0.29) is 32.6 Å². The minimum absolute atomic E-state index is 0.0998. The summed E-state index contributed by atoms with van der Waals surface area (Å²) in [4.78, 5) is 24.4. The van der Waals surface area contributed by atoms with E-state index in [4.69, 9.17) is 10.5 Å². The van der Waals surface area contributed by atoms with Crippen molar-refractivity contribution in [1.82, 2.24) is 4.57 Å². The van der Waals surface area contributed by atoms with E-state index in [2.05, 4.69) is 4.74 Å². The second-order valence-electron chi connectivity index (χ2n) is 5.49. The molecular weight excluding hydrogens is 392 g/mol. The number of para-hydroxylation sites is 1. The van der Waals surface area contributed by atoms with Crippen LogP contribution < -0.4 is 25.2 Å². The topological polar surface area (TPSA) is 107 Å². The van der Waals surface area contributed by atoms with Crippen LogP contribution in [0.5, 0.6) is 5.75 Å². The van der Waals surface area contributed by atoms with Crippen LogP contribution >= 0.6 is 11.3 Å². The third kappa shape index (κ3) is 5.03. The van der Waals surface area contributed by atoms with E-state index in [1.54, 1.807) is 12.1 Å². The lowest BCUT2D eigenvalue weighted by Gasteiger charge is -2.06.